The number of sulfonamides is 1. The molecule has 20 heavy (non-hydrogen) atoms. The number of hydrogen-bond donors (Lipinski definition) is 3. The van der Waals surface area contributed by atoms with Gasteiger partial charge in [-0.1, -0.05) is 31.4 Å². The van der Waals surface area contributed by atoms with Crippen molar-refractivity contribution < 1.29 is 8.42 Å². The van der Waals surface area contributed by atoms with E-state index in [1.165, 1.54) is 6.42 Å². The van der Waals surface area contributed by atoms with Crippen LogP contribution in [0.5, 0.6) is 0 Å². The Bertz CT molecular complexity index is 578. The number of nitrogen functional groups attached to an aromatic ring is 1. The van der Waals surface area contributed by atoms with Crippen LogP contribution in [0.1, 0.15) is 37.7 Å². The SMILES string of the molecule is N=C(N)c1ccccc1NS(=O)(=O)CC1CCCCC1. The van der Waals surface area contributed by atoms with E-state index in [4.69, 9.17) is 11.1 Å². The van der Waals surface area contributed by atoms with E-state index in [2.05, 4.69) is 4.72 Å². The molecule has 0 amide bonds. The van der Waals surface area contributed by atoms with E-state index >= 15 is 0 Å². The lowest BCUT2D eigenvalue weighted by Gasteiger charge is -2.22. The van der Waals surface area contributed by atoms with Crippen LogP contribution in [-0.4, -0.2) is 20.0 Å². The standard InChI is InChI=1S/C14H21N3O2S/c15-14(16)12-8-4-5-9-13(12)17-20(18,19)10-11-6-2-1-3-7-11/h4-5,8-9,11,17H,1-3,6-7,10H2,(H3,15,16). The molecule has 0 unspecified atom stereocenters. The first-order valence-electron chi connectivity index (χ1n) is 6.92. The zero-order valence-corrected chi connectivity index (χ0v) is 12.2. The van der Waals surface area contributed by atoms with Gasteiger partial charge in [0, 0.05) is 5.56 Å². The molecule has 110 valence electrons. The van der Waals surface area contributed by atoms with E-state index in [9.17, 15) is 8.42 Å². The summed E-state index contributed by atoms with van der Waals surface area (Å²) < 4.78 is 27.0. The quantitative estimate of drug-likeness (QED) is 0.574. The first kappa shape index (κ1) is 14.8. The summed E-state index contributed by atoms with van der Waals surface area (Å²) >= 11 is 0. The number of nitrogens with one attached hydrogen (secondary N) is 2. The summed E-state index contributed by atoms with van der Waals surface area (Å²) in [5, 5.41) is 7.48. The average Bonchev–Trinajstić information content (AvgIpc) is 2.39. The second kappa shape index (κ2) is 6.26. The first-order chi connectivity index (χ1) is 9.48. The highest BCUT2D eigenvalue weighted by molar-refractivity contribution is 7.92. The predicted molar refractivity (Wildman–Crippen MR) is 81.4 cm³/mol. The van der Waals surface area contributed by atoms with Crippen LogP contribution in [0.2, 0.25) is 0 Å². The zero-order chi connectivity index (χ0) is 14.6. The van der Waals surface area contributed by atoms with Crippen molar-refractivity contribution in [1.82, 2.24) is 0 Å². The van der Waals surface area contributed by atoms with E-state index < -0.39 is 10.0 Å². The molecule has 2 rings (SSSR count). The van der Waals surface area contributed by atoms with Crippen molar-refractivity contribution in [3.8, 4) is 0 Å². The van der Waals surface area contributed by atoms with Crippen LogP contribution < -0.4 is 10.5 Å². The molecule has 6 heteroatoms. The second-order valence-corrected chi connectivity index (χ2v) is 7.11. The molecule has 0 spiro atoms. The highest BCUT2D eigenvalue weighted by atomic mass is 32.2. The van der Waals surface area contributed by atoms with Crippen LogP contribution in [0.4, 0.5) is 5.69 Å². The molecule has 0 aromatic heterocycles. The smallest absolute Gasteiger partial charge is 0.233 e. The van der Waals surface area contributed by atoms with Crippen molar-refractivity contribution in [2.75, 3.05) is 10.5 Å². The molecule has 1 saturated carbocycles. The van der Waals surface area contributed by atoms with Gasteiger partial charge in [0.1, 0.15) is 5.84 Å². The fourth-order valence-corrected chi connectivity index (χ4v) is 4.23. The first-order valence-corrected chi connectivity index (χ1v) is 8.57. The summed E-state index contributed by atoms with van der Waals surface area (Å²) in [6.45, 7) is 0. The third-order valence-corrected chi connectivity index (χ3v) is 5.10. The van der Waals surface area contributed by atoms with Gasteiger partial charge in [-0.15, -0.1) is 0 Å². The summed E-state index contributed by atoms with van der Waals surface area (Å²) in [7, 11) is -3.39. The Morgan fingerprint density at radius 3 is 2.55 bits per heavy atom. The number of amidine groups is 1. The lowest BCUT2D eigenvalue weighted by molar-refractivity contribution is 0.385. The lowest BCUT2D eigenvalue weighted by atomic mass is 9.91. The van der Waals surface area contributed by atoms with Crippen LogP contribution in [-0.2, 0) is 10.0 Å². The Labute approximate surface area is 120 Å². The van der Waals surface area contributed by atoms with Gasteiger partial charge in [0.15, 0.2) is 0 Å². The Kier molecular flexibility index (Phi) is 4.65. The third kappa shape index (κ3) is 3.96. The van der Waals surface area contributed by atoms with Gasteiger partial charge in [-0.2, -0.15) is 0 Å². The van der Waals surface area contributed by atoms with Gasteiger partial charge < -0.3 is 5.73 Å². The number of anilines is 1. The molecule has 0 heterocycles. The van der Waals surface area contributed by atoms with Crippen LogP contribution in [0, 0.1) is 11.3 Å². The molecule has 0 saturated heterocycles. The largest absolute Gasteiger partial charge is 0.384 e. The van der Waals surface area contributed by atoms with Gasteiger partial charge in [-0.25, -0.2) is 8.42 Å². The molecule has 0 atom stereocenters. The van der Waals surface area contributed by atoms with Crippen LogP contribution in [0.15, 0.2) is 24.3 Å². The lowest BCUT2D eigenvalue weighted by Crippen LogP contribution is -2.25. The zero-order valence-electron chi connectivity index (χ0n) is 11.4. The van der Waals surface area contributed by atoms with Gasteiger partial charge in [0.25, 0.3) is 0 Å². The van der Waals surface area contributed by atoms with Crippen molar-refractivity contribution in [2.45, 2.75) is 32.1 Å². The number of para-hydroxylation sites is 1. The van der Waals surface area contributed by atoms with E-state index in [-0.39, 0.29) is 17.5 Å². The summed E-state index contributed by atoms with van der Waals surface area (Å²) in [6.07, 6.45) is 5.40. The molecule has 0 radical (unpaired) electrons. The number of rotatable bonds is 5. The highest BCUT2D eigenvalue weighted by Gasteiger charge is 2.22. The minimum absolute atomic E-state index is 0.138. The molecule has 0 aliphatic heterocycles. The Balaban J connectivity index is 2.10. The van der Waals surface area contributed by atoms with E-state index in [0.717, 1.165) is 25.7 Å². The molecule has 1 aromatic carbocycles. The van der Waals surface area contributed by atoms with Crippen molar-refractivity contribution >= 4 is 21.5 Å². The summed E-state index contributed by atoms with van der Waals surface area (Å²) in [6, 6.07) is 6.73. The molecule has 1 fully saturated rings. The molecular weight excluding hydrogens is 274 g/mol. The fourth-order valence-electron chi connectivity index (χ4n) is 2.68. The monoisotopic (exact) mass is 295 g/mol. The minimum atomic E-state index is -3.39. The van der Waals surface area contributed by atoms with E-state index in [1.54, 1.807) is 24.3 Å². The van der Waals surface area contributed by atoms with Crippen molar-refractivity contribution in [1.29, 1.82) is 5.41 Å². The third-order valence-electron chi connectivity index (χ3n) is 3.66. The molecule has 0 bridgehead atoms. The fraction of sp³-hybridized carbons (Fsp3) is 0.500. The normalized spacial score (nSPS) is 16.8. The topological polar surface area (TPSA) is 96.0 Å². The van der Waals surface area contributed by atoms with Gasteiger partial charge in [0.05, 0.1) is 11.4 Å². The Morgan fingerprint density at radius 2 is 1.90 bits per heavy atom. The van der Waals surface area contributed by atoms with Gasteiger partial charge in [0.2, 0.25) is 10.0 Å². The average molecular weight is 295 g/mol. The van der Waals surface area contributed by atoms with E-state index in [0.29, 0.717) is 11.3 Å². The summed E-state index contributed by atoms with van der Waals surface area (Å²) in [4.78, 5) is 0. The van der Waals surface area contributed by atoms with Crippen LogP contribution in [0.3, 0.4) is 0 Å². The van der Waals surface area contributed by atoms with Crippen molar-refractivity contribution in [2.24, 2.45) is 11.7 Å². The van der Waals surface area contributed by atoms with Crippen molar-refractivity contribution in [3.63, 3.8) is 0 Å². The summed E-state index contributed by atoms with van der Waals surface area (Å²) in [5.41, 5.74) is 6.27. The minimum Gasteiger partial charge on any atom is -0.384 e. The number of nitrogens with two attached hydrogens (primary N) is 1. The Morgan fingerprint density at radius 1 is 1.25 bits per heavy atom. The van der Waals surface area contributed by atoms with Crippen LogP contribution >= 0.6 is 0 Å². The Hall–Kier alpha value is -1.56. The van der Waals surface area contributed by atoms with Gasteiger partial charge >= 0.3 is 0 Å². The van der Waals surface area contributed by atoms with Crippen LogP contribution in [0.25, 0.3) is 0 Å². The molecule has 1 aromatic rings. The molecule has 4 N–H and O–H groups in total. The van der Waals surface area contributed by atoms with E-state index in [1.807, 2.05) is 0 Å². The maximum Gasteiger partial charge on any atom is 0.233 e. The number of benzene rings is 1. The molecule has 1 aliphatic carbocycles. The predicted octanol–water partition coefficient (Wildman–Crippen LogP) is 2.29. The highest BCUT2D eigenvalue weighted by Crippen LogP contribution is 2.26. The molecular formula is C14H21N3O2S. The van der Waals surface area contributed by atoms with Crippen molar-refractivity contribution in [3.05, 3.63) is 29.8 Å². The maximum atomic E-state index is 12.2. The molecule has 5 nitrogen and oxygen atoms in total. The summed E-state index contributed by atoms with van der Waals surface area (Å²) in [5.74, 6) is 0.255. The van der Waals surface area contributed by atoms with Gasteiger partial charge in [-0.3, -0.25) is 10.1 Å². The number of hydrogen-bond acceptors (Lipinski definition) is 3. The van der Waals surface area contributed by atoms with Gasteiger partial charge in [-0.05, 0) is 30.9 Å². The maximum absolute atomic E-state index is 12.2. The molecule has 1 aliphatic rings. The second-order valence-electron chi connectivity index (χ2n) is 5.35.